The lowest BCUT2D eigenvalue weighted by Gasteiger charge is -2.37. The SMILES string of the molecule is CCC(NC(=O)CC1(C(=O)O)CCC1)c1c(C)noc1C. The number of nitrogens with zero attached hydrogens (tertiary/aromatic N) is 1. The van der Waals surface area contributed by atoms with E-state index in [1.807, 2.05) is 20.8 Å². The molecule has 1 amide bonds. The number of aromatic nitrogens is 1. The van der Waals surface area contributed by atoms with Crippen molar-refractivity contribution in [3.05, 3.63) is 17.0 Å². The Kier molecular flexibility index (Phi) is 4.34. The summed E-state index contributed by atoms with van der Waals surface area (Å²) < 4.78 is 5.14. The minimum atomic E-state index is -0.866. The number of carboxylic acid groups (broad SMARTS) is 1. The van der Waals surface area contributed by atoms with Crippen LogP contribution in [0.15, 0.2) is 4.52 Å². The second-order valence-electron chi connectivity index (χ2n) is 5.88. The molecule has 1 saturated carbocycles. The quantitative estimate of drug-likeness (QED) is 0.841. The second-order valence-corrected chi connectivity index (χ2v) is 5.88. The first-order chi connectivity index (χ1) is 9.89. The van der Waals surface area contributed by atoms with Crippen LogP contribution in [0.25, 0.3) is 0 Å². The van der Waals surface area contributed by atoms with Crippen molar-refractivity contribution in [1.82, 2.24) is 10.5 Å². The summed E-state index contributed by atoms with van der Waals surface area (Å²) in [6.45, 7) is 5.62. The van der Waals surface area contributed by atoms with Gasteiger partial charge < -0.3 is 14.9 Å². The Morgan fingerprint density at radius 1 is 1.43 bits per heavy atom. The summed E-state index contributed by atoms with van der Waals surface area (Å²) in [5.41, 5.74) is 0.793. The van der Waals surface area contributed by atoms with Crippen LogP contribution in [-0.2, 0) is 9.59 Å². The van der Waals surface area contributed by atoms with Crippen molar-refractivity contribution in [3.63, 3.8) is 0 Å². The Morgan fingerprint density at radius 3 is 2.48 bits per heavy atom. The number of aliphatic carboxylic acids is 1. The van der Waals surface area contributed by atoms with Crippen molar-refractivity contribution in [2.75, 3.05) is 0 Å². The largest absolute Gasteiger partial charge is 0.481 e. The third kappa shape index (κ3) is 2.94. The summed E-state index contributed by atoms with van der Waals surface area (Å²) in [5.74, 6) is -0.394. The van der Waals surface area contributed by atoms with Gasteiger partial charge in [-0.3, -0.25) is 9.59 Å². The molecule has 1 aromatic rings. The Hall–Kier alpha value is -1.85. The molecule has 6 heteroatoms. The molecule has 1 aliphatic carbocycles. The highest BCUT2D eigenvalue weighted by Gasteiger charge is 2.46. The minimum absolute atomic E-state index is 0.0439. The molecule has 2 rings (SSSR count). The van der Waals surface area contributed by atoms with E-state index < -0.39 is 11.4 Å². The van der Waals surface area contributed by atoms with Gasteiger partial charge in [0, 0.05) is 12.0 Å². The summed E-state index contributed by atoms with van der Waals surface area (Å²) >= 11 is 0. The van der Waals surface area contributed by atoms with Gasteiger partial charge in [-0.25, -0.2) is 0 Å². The Labute approximate surface area is 123 Å². The first-order valence-electron chi connectivity index (χ1n) is 7.35. The maximum absolute atomic E-state index is 12.2. The molecule has 0 aliphatic heterocycles. The second kappa shape index (κ2) is 5.87. The monoisotopic (exact) mass is 294 g/mol. The zero-order chi connectivity index (χ0) is 15.6. The highest BCUT2D eigenvalue weighted by Crippen LogP contribution is 2.44. The van der Waals surface area contributed by atoms with Crippen LogP contribution in [0, 0.1) is 19.3 Å². The molecule has 1 heterocycles. The molecular weight excluding hydrogens is 272 g/mol. The van der Waals surface area contributed by atoms with Gasteiger partial charge in [-0.15, -0.1) is 0 Å². The van der Waals surface area contributed by atoms with Crippen molar-refractivity contribution in [2.24, 2.45) is 5.41 Å². The number of hydrogen-bond acceptors (Lipinski definition) is 4. The van der Waals surface area contributed by atoms with Crippen LogP contribution in [0.5, 0.6) is 0 Å². The van der Waals surface area contributed by atoms with Gasteiger partial charge >= 0.3 is 5.97 Å². The molecule has 2 N–H and O–H groups in total. The fourth-order valence-corrected chi connectivity index (χ4v) is 2.99. The summed E-state index contributed by atoms with van der Waals surface area (Å²) in [5, 5.41) is 16.1. The van der Waals surface area contributed by atoms with Crippen molar-refractivity contribution < 1.29 is 19.2 Å². The molecule has 0 saturated heterocycles. The van der Waals surface area contributed by atoms with Gasteiger partial charge in [0.05, 0.1) is 17.2 Å². The predicted molar refractivity (Wildman–Crippen MR) is 75.7 cm³/mol. The molecule has 0 spiro atoms. The molecule has 0 radical (unpaired) electrons. The first kappa shape index (κ1) is 15.5. The van der Waals surface area contributed by atoms with Crippen LogP contribution < -0.4 is 5.32 Å². The molecule has 1 fully saturated rings. The predicted octanol–water partition coefficient (Wildman–Crippen LogP) is 2.50. The number of aryl methyl sites for hydroxylation is 2. The van der Waals surface area contributed by atoms with Gasteiger partial charge in [-0.05, 0) is 33.1 Å². The lowest BCUT2D eigenvalue weighted by atomic mass is 9.66. The van der Waals surface area contributed by atoms with E-state index in [0.29, 0.717) is 25.0 Å². The number of nitrogens with one attached hydrogen (secondary N) is 1. The minimum Gasteiger partial charge on any atom is -0.481 e. The van der Waals surface area contributed by atoms with Gasteiger partial charge in [0.2, 0.25) is 5.91 Å². The third-order valence-electron chi connectivity index (χ3n) is 4.44. The number of rotatable bonds is 6. The van der Waals surface area contributed by atoms with E-state index in [2.05, 4.69) is 10.5 Å². The van der Waals surface area contributed by atoms with Crippen molar-refractivity contribution in [1.29, 1.82) is 0 Å². The van der Waals surface area contributed by atoms with Gasteiger partial charge in [0.15, 0.2) is 0 Å². The zero-order valence-electron chi connectivity index (χ0n) is 12.7. The Balaban J connectivity index is 2.05. The van der Waals surface area contributed by atoms with Gasteiger partial charge in [0.25, 0.3) is 0 Å². The van der Waals surface area contributed by atoms with E-state index in [1.54, 1.807) is 0 Å². The Bertz CT molecular complexity index is 526. The molecule has 0 aromatic carbocycles. The number of amides is 1. The lowest BCUT2D eigenvalue weighted by molar-refractivity contribution is -0.157. The summed E-state index contributed by atoms with van der Waals surface area (Å²) in [4.78, 5) is 23.5. The average molecular weight is 294 g/mol. The van der Waals surface area contributed by atoms with Crippen LogP contribution in [-0.4, -0.2) is 22.1 Å². The molecule has 0 bridgehead atoms. The fraction of sp³-hybridized carbons (Fsp3) is 0.667. The van der Waals surface area contributed by atoms with Crippen LogP contribution in [0.4, 0.5) is 0 Å². The first-order valence-corrected chi connectivity index (χ1v) is 7.35. The van der Waals surface area contributed by atoms with Crippen LogP contribution in [0.1, 0.15) is 62.1 Å². The molecule has 116 valence electrons. The molecule has 1 aromatic heterocycles. The van der Waals surface area contributed by atoms with E-state index in [4.69, 9.17) is 4.52 Å². The molecule has 1 aliphatic rings. The smallest absolute Gasteiger partial charge is 0.310 e. The highest BCUT2D eigenvalue weighted by atomic mass is 16.5. The maximum Gasteiger partial charge on any atom is 0.310 e. The van der Waals surface area contributed by atoms with E-state index in [-0.39, 0.29) is 18.4 Å². The Morgan fingerprint density at radius 2 is 2.10 bits per heavy atom. The van der Waals surface area contributed by atoms with Crippen molar-refractivity contribution in [2.45, 2.75) is 58.9 Å². The van der Waals surface area contributed by atoms with E-state index in [9.17, 15) is 14.7 Å². The van der Waals surface area contributed by atoms with E-state index in [0.717, 1.165) is 17.7 Å². The number of carbonyl (C=O) groups excluding carboxylic acids is 1. The fourth-order valence-electron chi connectivity index (χ4n) is 2.99. The van der Waals surface area contributed by atoms with Gasteiger partial charge in [-0.2, -0.15) is 0 Å². The van der Waals surface area contributed by atoms with Gasteiger partial charge in [0.1, 0.15) is 5.76 Å². The topological polar surface area (TPSA) is 92.4 Å². The molecule has 1 atom stereocenters. The summed E-state index contributed by atoms with van der Waals surface area (Å²) in [7, 11) is 0. The maximum atomic E-state index is 12.2. The van der Waals surface area contributed by atoms with Crippen molar-refractivity contribution >= 4 is 11.9 Å². The van der Waals surface area contributed by atoms with Crippen molar-refractivity contribution in [3.8, 4) is 0 Å². The van der Waals surface area contributed by atoms with Crippen LogP contribution in [0.2, 0.25) is 0 Å². The standard InChI is InChI=1S/C15H22N2O4/c1-4-11(13-9(2)17-21-10(13)3)16-12(18)8-15(14(19)20)6-5-7-15/h11H,4-8H2,1-3H3,(H,16,18)(H,19,20). The van der Waals surface area contributed by atoms with E-state index >= 15 is 0 Å². The van der Waals surface area contributed by atoms with Crippen LogP contribution >= 0.6 is 0 Å². The summed E-state index contributed by atoms with van der Waals surface area (Å²) in [6.07, 6.45) is 2.79. The zero-order valence-corrected chi connectivity index (χ0v) is 12.7. The lowest BCUT2D eigenvalue weighted by Crippen LogP contribution is -2.43. The molecule has 21 heavy (non-hydrogen) atoms. The average Bonchev–Trinajstić information content (AvgIpc) is 2.70. The third-order valence-corrected chi connectivity index (χ3v) is 4.44. The number of carboxylic acids is 1. The number of hydrogen-bond donors (Lipinski definition) is 2. The highest BCUT2D eigenvalue weighted by molar-refractivity contribution is 5.85. The molecule has 1 unspecified atom stereocenters. The van der Waals surface area contributed by atoms with Crippen LogP contribution in [0.3, 0.4) is 0 Å². The van der Waals surface area contributed by atoms with Gasteiger partial charge in [-0.1, -0.05) is 18.5 Å². The number of carbonyl (C=O) groups is 2. The van der Waals surface area contributed by atoms with E-state index in [1.165, 1.54) is 0 Å². The normalized spacial score (nSPS) is 17.9. The molecule has 6 nitrogen and oxygen atoms in total. The molecular formula is C15H22N2O4. The summed E-state index contributed by atoms with van der Waals surface area (Å²) in [6, 6.07) is -0.185.